The molecule has 1 aromatic rings. The molecular formula is C15H23N3O2. The van der Waals surface area contributed by atoms with E-state index in [2.05, 4.69) is 10.3 Å². The van der Waals surface area contributed by atoms with Gasteiger partial charge in [0.1, 0.15) is 11.4 Å². The highest BCUT2D eigenvalue weighted by Gasteiger charge is 2.14. The second-order valence-corrected chi connectivity index (χ2v) is 5.65. The summed E-state index contributed by atoms with van der Waals surface area (Å²) in [6.45, 7) is 9.77. The van der Waals surface area contributed by atoms with Crippen LogP contribution in [0.4, 0.5) is 10.6 Å². The van der Waals surface area contributed by atoms with Gasteiger partial charge in [0.2, 0.25) is 0 Å². The van der Waals surface area contributed by atoms with Gasteiger partial charge in [0.25, 0.3) is 0 Å². The molecule has 0 saturated heterocycles. The molecule has 5 heteroatoms. The molecule has 1 aromatic heterocycles. The number of ether oxygens (including phenoxy) is 1. The Morgan fingerprint density at radius 3 is 2.65 bits per heavy atom. The van der Waals surface area contributed by atoms with Gasteiger partial charge in [-0.25, -0.2) is 9.78 Å². The lowest BCUT2D eigenvalue weighted by Crippen LogP contribution is -2.32. The third kappa shape index (κ3) is 5.30. The molecule has 1 amide bonds. The van der Waals surface area contributed by atoms with E-state index >= 15 is 0 Å². The maximum Gasteiger partial charge on any atom is 0.407 e. The first-order chi connectivity index (χ1) is 9.19. The van der Waals surface area contributed by atoms with Crippen molar-refractivity contribution in [3.63, 3.8) is 0 Å². The molecule has 3 N–H and O–H groups in total. The van der Waals surface area contributed by atoms with Crippen LogP contribution in [0.5, 0.6) is 0 Å². The molecule has 0 unspecified atom stereocenters. The zero-order valence-electron chi connectivity index (χ0n) is 12.8. The normalized spacial score (nSPS) is 11.7. The number of hydrogen-bond donors (Lipinski definition) is 2. The second kappa shape index (κ2) is 6.41. The molecule has 5 nitrogen and oxygen atoms in total. The van der Waals surface area contributed by atoms with Crippen LogP contribution < -0.4 is 11.1 Å². The predicted octanol–water partition coefficient (Wildman–Crippen LogP) is 2.82. The summed E-state index contributed by atoms with van der Waals surface area (Å²) in [5.41, 5.74) is 8.14. The van der Waals surface area contributed by atoms with Crippen molar-refractivity contribution >= 4 is 18.0 Å². The predicted molar refractivity (Wildman–Crippen MR) is 81.4 cm³/mol. The van der Waals surface area contributed by atoms with Gasteiger partial charge in [0.15, 0.2) is 0 Å². The van der Waals surface area contributed by atoms with Crippen molar-refractivity contribution in [1.29, 1.82) is 0 Å². The van der Waals surface area contributed by atoms with Crippen LogP contribution in [0.3, 0.4) is 0 Å². The number of hydrogen-bond acceptors (Lipinski definition) is 4. The van der Waals surface area contributed by atoms with E-state index in [0.29, 0.717) is 12.4 Å². The van der Waals surface area contributed by atoms with Crippen LogP contribution in [-0.4, -0.2) is 23.2 Å². The Kier molecular flexibility index (Phi) is 5.13. The highest BCUT2D eigenvalue weighted by Crippen LogP contribution is 2.16. The number of aromatic nitrogens is 1. The van der Waals surface area contributed by atoms with Crippen LogP contribution in [0.2, 0.25) is 0 Å². The minimum absolute atomic E-state index is 0.401. The molecule has 0 aliphatic heterocycles. The lowest BCUT2D eigenvalue weighted by Gasteiger charge is -2.19. The van der Waals surface area contributed by atoms with Crippen molar-refractivity contribution < 1.29 is 9.53 Å². The number of pyridine rings is 1. The van der Waals surface area contributed by atoms with Crippen molar-refractivity contribution in [2.24, 2.45) is 0 Å². The number of anilines is 1. The summed E-state index contributed by atoms with van der Waals surface area (Å²) < 4.78 is 5.14. The second-order valence-electron chi connectivity index (χ2n) is 5.65. The standard InChI is InChI=1S/C15H23N3O2/c1-10-9-13(16)18-11(2)12(10)7-6-8-17-14(19)20-15(3,4)5/h6-7,9H,8H2,1-5H3,(H2,16,18)(H,17,19). The van der Waals surface area contributed by atoms with Crippen LogP contribution in [-0.2, 0) is 4.74 Å². The number of aryl methyl sites for hydroxylation is 2. The highest BCUT2D eigenvalue weighted by atomic mass is 16.6. The lowest BCUT2D eigenvalue weighted by molar-refractivity contribution is 0.0534. The maximum atomic E-state index is 11.5. The molecule has 1 rings (SSSR count). The Bertz CT molecular complexity index is 493. The largest absolute Gasteiger partial charge is 0.444 e. The summed E-state index contributed by atoms with van der Waals surface area (Å²) >= 11 is 0. The fourth-order valence-corrected chi connectivity index (χ4v) is 1.76. The molecule has 1 heterocycles. The number of alkyl carbamates (subject to hydrolysis) is 1. The fraction of sp³-hybridized carbons (Fsp3) is 0.467. The zero-order chi connectivity index (χ0) is 15.3. The van der Waals surface area contributed by atoms with Gasteiger partial charge in [0.05, 0.1) is 0 Å². The van der Waals surface area contributed by atoms with Crippen LogP contribution in [0.25, 0.3) is 6.08 Å². The number of nitrogens with two attached hydrogens (primary N) is 1. The number of carbonyl (C=O) groups excluding carboxylic acids is 1. The van der Waals surface area contributed by atoms with Crippen LogP contribution in [0.1, 0.15) is 37.6 Å². The van der Waals surface area contributed by atoms with Gasteiger partial charge in [-0.3, -0.25) is 0 Å². The van der Waals surface area contributed by atoms with Gasteiger partial charge >= 0.3 is 6.09 Å². The molecule has 0 bridgehead atoms. The minimum atomic E-state index is -0.484. The van der Waals surface area contributed by atoms with Gasteiger partial charge in [-0.2, -0.15) is 0 Å². The van der Waals surface area contributed by atoms with Crippen molar-refractivity contribution in [1.82, 2.24) is 10.3 Å². The van der Waals surface area contributed by atoms with Gasteiger partial charge in [-0.15, -0.1) is 0 Å². The van der Waals surface area contributed by atoms with Crippen LogP contribution >= 0.6 is 0 Å². The molecule has 0 saturated carbocycles. The molecule has 0 aromatic carbocycles. The molecular weight excluding hydrogens is 254 g/mol. The minimum Gasteiger partial charge on any atom is -0.444 e. The van der Waals surface area contributed by atoms with Gasteiger partial charge in [-0.1, -0.05) is 12.2 Å². The highest BCUT2D eigenvalue weighted by molar-refractivity contribution is 5.68. The molecule has 0 atom stereocenters. The van der Waals surface area contributed by atoms with E-state index in [1.54, 1.807) is 0 Å². The number of nitrogen functional groups attached to an aromatic ring is 1. The van der Waals surface area contributed by atoms with Crippen LogP contribution in [0.15, 0.2) is 12.1 Å². The van der Waals surface area contributed by atoms with Gasteiger partial charge in [-0.05, 0) is 51.8 Å². The van der Waals surface area contributed by atoms with E-state index in [9.17, 15) is 4.79 Å². The quantitative estimate of drug-likeness (QED) is 0.890. The molecule has 110 valence electrons. The van der Waals surface area contributed by atoms with E-state index in [1.807, 2.05) is 52.8 Å². The number of nitrogens with one attached hydrogen (secondary N) is 1. The molecule has 20 heavy (non-hydrogen) atoms. The summed E-state index contributed by atoms with van der Waals surface area (Å²) in [6, 6.07) is 1.83. The average Bonchev–Trinajstić information content (AvgIpc) is 2.23. The average molecular weight is 277 g/mol. The number of amides is 1. The fourth-order valence-electron chi connectivity index (χ4n) is 1.76. The number of rotatable bonds is 3. The summed E-state index contributed by atoms with van der Waals surface area (Å²) in [5, 5.41) is 2.67. The first kappa shape index (κ1) is 16.0. The van der Waals surface area contributed by atoms with Crippen LogP contribution in [0, 0.1) is 13.8 Å². The van der Waals surface area contributed by atoms with Crippen molar-refractivity contribution in [3.05, 3.63) is 29.0 Å². The molecule has 0 spiro atoms. The van der Waals surface area contributed by atoms with E-state index in [4.69, 9.17) is 10.5 Å². The Labute approximate surface area is 120 Å². The maximum absolute atomic E-state index is 11.5. The zero-order valence-corrected chi connectivity index (χ0v) is 12.8. The first-order valence-corrected chi connectivity index (χ1v) is 6.56. The Morgan fingerprint density at radius 2 is 2.10 bits per heavy atom. The number of nitrogens with zero attached hydrogens (tertiary/aromatic N) is 1. The van der Waals surface area contributed by atoms with Gasteiger partial charge < -0.3 is 15.8 Å². The van der Waals surface area contributed by atoms with Crippen molar-refractivity contribution in [2.45, 2.75) is 40.2 Å². The van der Waals surface area contributed by atoms with E-state index in [0.717, 1.165) is 16.8 Å². The Balaban J connectivity index is 2.56. The monoisotopic (exact) mass is 277 g/mol. The molecule has 0 aliphatic carbocycles. The molecule has 0 fully saturated rings. The van der Waals surface area contributed by atoms with Crippen molar-refractivity contribution in [3.8, 4) is 0 Å². The Hall–Kier alpha value is -2.04. The van der Waals surface area contributed by atoms with E-state index < -0.39 is 11.7 Å². The number of carbonyl (C=O) groups is 1. The summed E-state index contributed by atoms with van der Waals surface area (Å²) in [7, 11) is 0. The van der Waals surface area contributed by atoms with Gasteiger partial charge in [0, 0.05) is 12.2 Å². The third-order valence-corrected chi connectivity index (χ3v) is 2.52. The molecule has 0 aliphatic rings. The van der Waals surface area contributed by atoms with E-state index in [1.165, 1.54) is 0 Å². The Morgan fingerprint density at radius 1 is 1.45 bits per heavy atom. The summed E-state index contributed by atoms with van der Waals surface area (Å²) in [6.07, 6.45) is 3.36. The lowest BCUT2D eigenvalue weighted by atomic mass is 10.1. The first-order valence-electron chi connectivity index (χ1n) is 6.56. The topological polar surface area (TPSA) is 77.2 Å². The molecule has 0 radical (unpaired) electrons. The summed E-state index contributed by atoms with van der Waals surface area (Å²) in [4.78, 5) is 15.7. The third-order valence-electron chi connectivity index (χ3n) is 2.52. The SMILES string of the molecule is Cc1cc(N)nc(C)c1C=CCNC(=O)OC(C)(C)C. The van der Waals surface area contributed by atoms with E-state index in [-0.39, 0.29) is 0 Å². The summed E-state index contributed by atoms with van der Waals surface area (Å²) in [5.74, 6) is 0.518. The smallest absolute Gasteiger partial charge is 0.407 e. The van der Waals surface area contributed by atoms with Crippen molar-refractivity contribution in [2.75, 3.05) is 12.3 Å².